The summed E-state index contributed by atoms with van der Waals surface area (Å²) in [4.78, 5) is 11.8. The molecule has 0 aromatic heterocycles. The van der Waals surface area contributed by atoms with E-state index in [1.807, 2.05) is 12.1 Å². The number of hydrogen-bond acceptors (Lipinski definition) is 2. The summed E-state index contributed by atoms with van der Waals surface area (Å²) in [6.45, 7) is 1.82. The fourth-order valence-corrected chi connectivity index (χ4v) is 1.93. The van der Waals surface area contributed by atoms with Crippen LogP contribution in [0.4, 0.5) is 0 Å². The summed E-state index contributed by atoms with van der Waals surface area (Å²) >= 11 is 0. The Labute approximate surface area is 101 Å². The van der Waals surface area contributed by atoms with E-state index in [4.69, 9.17) is 0 Å². The van der Waals surface area contributed by atoms with Crippen LogP contribution in [0.1, 0.15) is 34.3 Å². The van der Waals surface area contributed by atoms with Crippen LogP contribution in [0.25, 0.3) is 0 Å². The number of halogens is 1. The highest BCUT2D eigenvalue weighted by Gasteiger charge is 2.24. The van der Waals surface area contributed by atoms with E-state index in [1.54, 1.807) is 0 Å². The van der Waals surface area contributed by atoms with Crippen LogP contribution < -0.4 is 10.6 Å². The Balaban J connectivity index is 0.000000963. The Kier molecular flexibility index (Phi) is 3.17. The van der Waals surface area contributed by atoms with Gasteiger partial charge < -0.3 is 10.6 Å². The molecule has 1 amide bonds. The molecule has 2 aliphatic rings. The number of carbonyl (C=O) groups is 1. The maximum Gasteiger partial charge on any atom is 0.251 e. The molecule has 0 unspecified atom stereocenters. The van der Waals surface area contributed by atoms with E-state index in [-0.39, 0.29) is 18.3 Å². The van der Waals surface area contributed by atoms with Gasteiger partial charge in [0, 0.05) is 24.7 Å². The van der Waals surface area contributed by atoms with Crippen molar-refractivity contribution in [2.24, 2.45) is 0 Å². The molecule has 1 aromatic rings. The summed E-state index contributed by atoms with van der Waals surface area (Å²) in [7, 11) is 0. The topological polar surface area (TPSA) is 41.1 Å². The molecule has 0 atom stereocenters. The van der Waals surface area contributed by atoms with Gasteiger partial charge in [-0.05, 0) is 36.1 Å². The zero-order valence-electron chi connectivity index (χ0n) is 8.95. The van der Waals surface area contributed by atoms with Crippen LogP contribution in [-0.4, -0.2) is 11.9 Å². The molecule has 0 radical (unpaired) electrons. The molecule has 0 bridgehead atoms. The summed E-state index contributed by atoms with van der Waals surface area (Å²) in [6, 6.07) is 6.41. The quantitative estimate of drug-likeness (QED) is 0.822. The molecule has 1 fully saturated rings. The Bertz CT molecular complexity index is 415. The zero-order valence-corrected chi connectivity index (χ0v) is 9.77. The fourth-order valence-electron chi connectivity index (χ4n) is 1.93. The summed E-state index contributed by atoms with van der Waals surface area (Å²) in [5.41, 5.74) is 3.38. The van der Waals surface area contributed by atoms with Crippen LogP contribution in [0.2, 0.25) is 0 Å². The second kappa shape index (κ2) is 4.44. The summed E-state index contributed by atoms with van der Waals surface area (Å²) in [5, 5.41) is 6.28. The van der Waals surface area contributed by atoms with Crippen LogP contribution >= 0.6 is 12.4 Å². The molecule has 86 valence electrons. The number of carbonyl (C=O) groups excluding carboxylic acids is 1. The molecule has 1 saturated carbocycles. The van der Waals surface area contributed by atoms with Crippen LogP contribution in [-0.2, 0) is 13.1 Å². The number of hydrogen-bond donors (Lipinski definition) is 2. The first-order valence-corrected chi connectivity index (χ1v) is 5.46. The van der Waals surface area contributed by atoms with Gasteiger partial charge in [-0.25, -0.2) is 0 Å². The van der Waals surface area contributed by atoms with Gasteiger partial charge >= 0.3 is 0 Å². The molecule has 1 aliphatic carbocycles. The second-order valence-electron chi connectivity index (χ2n) is 4.33. The highest BCUT2D eigenvalue weighted by molar-refractivity contribution is 5.94. The minimum absolute atomic E-state index is 0. The van der Waals surface area contributed by atoms with Crippen LogP contribution in [0, 0.1) is 0 Å². The van der Waals surface area contributed by atoms with Gasteiger partial charge in [0.2, 0.25) is 0 Å². The predicted octanol–water partition coefficient (Wildman–Crippen LogP) is 1.60. The molecule has 3 nitrogen and oxygen atoms in total. The molecular formula is C12H15ClN2O. The molecule has 1 heterocycles. The van der Waals surface area contributed by atoms with Gasteiger partial charge in [0.05, 0.1) is 0 Å². The van der Waals surface area contributed by atoms with E-state index in [9.17, 15) is 4.79 Å². The Morgan fingerprint density at radius 3 is 2.75 bits per heavy atom. The third-order valence-corrected chi connectivity index (χ3v) is 3.01. The molecule has 0 saturated heterocycles. The average Bonchev–Trinajstić information content (AvgIpc) is 2.94. The average molecular weight is 239 g/mol. The Morgan fingerprint density at radius 2 is 2.00 bits per heavy atom. The van der Waals surface area contributed by atoms with Crippen molar-refractivity contribution in [3.8, 4) is 0 Å². The maximum atomic E-state index is 11.8. The van der Waals surface area contributed by atoms with Gasteiger partial charge in [0.1, 0.15) is 0 Å². The summed E-state index contributed by atoms with van der Waals surface area (Å²) in [5.74, 6) is 0.0761. The lowest BCUT2D eigenvalue weighted by Gasteiger charge is -2.05. The standard InChI is InChI=1S/C12H14N2O.ClH/c15-12(14-11-3-4-11)8-1-2-9-6-13-7-10(9)5-8;/h1-2,5,11,13H,3-4,6-7H2,(H,14,15);1H. The van der Waals surface area contributed by atoms with Gasteiger partial charge in [0.25, 0.3) is 5.91 Å². The molecule has 16 heavy (non-hydrogen) atoms. The van der Waals surface area contributed by atoms with Crippen molar-refractivity contribution in [3.63, 3.8) is 0 Å². The highest BCUT2D eigenvalue weighted by atomic mass is 35.5. The Hall–Kier alpha value is -1.06. The van der Waals surface area contributed by atoms with Crippen molar-refractivity contribution in [1.82, 2.24) is 10.6 Å². The minimum Gasteiger partial charge on any atom is -0.349 e. The van der Waals surface area contributed by atoms with Crippen molar-refractivity contribution in [3.05, 3.63) is 34.9 Å². The van der Waals surface area contributed by atoms with Gasteiger partial charge in [-0.2, -0.15) is 0 Å². The highest BCUT2D eigenvalue weighted by Crippen LogP contribution is 2.21. The van der Waals surface area contributed by atoms with E-state index in [1.165, 1.54) is 11.1 Å². The lowest BCUT2D eigenvalue weighted by molar-refractivity contribution is 0.0951. The number of benzene rings is 1. The first-order chi connectivity index (χ1) is 7.33. The fraction of sp³-hybridized carbons (Fsp3) is 0.417. The van der Waals surface area contributed by atoms with Crippen molar-refractivity contribution in [2.75, 3.05) is 0 Å². The smallest absolute Gasteiger partial charge is 0.251 e. The first kappa shape index (κ1) is 11.4. The SMILES string of the molecule is Cl.O=C(NC1CC1)c1ccc2c(c1)CNC2. The summed E-state index contributed by atoms with van der Waals surface area (Å²) < 4.78 is 0. The van der Waals surface area contributed by atoms with Gasteiger partial charge in [-0.3, -0.25) is 4.79 Å². The van der Waals surface area contributed by atoms with Gasteiger partial charge in [-0.1, -0.05) is 6.07 Å². The van der Waals surface area contributed by atoms with E-state index >= 15 is 0 Å². The number of nitrogens with one attached hydrogen (secondary N) is 2. The van der Waals surface area contributed by atoms with Crippen LogP contribution in [0.15, 0.2) is 18.2 Å². The molecule has 1 aliphatic heterocycles. The van der Waals surface area contributed by atoms with Crippen LogP contribution in [0.3, 0.4) is 0 Å². The molecule has 0 spiro atoms. The molecular weight excluding hydrogens is 224 g/mol. The predicted molar refractivity (Wildman–Crippen MR) is 64.7 cm³/mol. The molecule has 3 rings (SSSR count). The van der Waals surface area contributed by atoms with Crippen molar-refractivity contribution in [1.29, 1.82) is 0 Å². The lowest BCUT2D eigenvalue weighted by Crippen LogP contribution is -2.25. The first-order valence-electron chi connectivity index (χ1n) is 5.46. The molecule has 4 heteroatoms. The van der Waals surface area contributed by atoms with E-state index in [0.29, 0.717) is 6.04 Å². The van der Waals surface area contributed by atoms with E-state index < -0.39 is 0 Å². The molecule has 1 aromatic carbocycles. The lowest BCUT2D eigenvalue weighted by atomic mass is 10.1. The third-order valence-electron chi connectivity index (χ3n) is 3.01. The number of rotatable bonds is 2. The molecule has 2 N–H and O–H groups in total. The van der Waals surface area contributed by atoms with E-state index in [2.05, 4.69) is 16.7 Å². The van der Waals surface area contributed by atoms with Crippen molar-refractivity contribution < 1.29 is 4.79 Å². The monoisotopic (exact) mass is 238 g/mol. The third kappa shape index (κ3) is 2.20. The largest absolute Gasteiger partial charge is 0.349 e. The van der Waals surface area contributed by atoms with Gasteiger partial charge in [0.15, 0.2) is 0 Å². The zero-order chi connectivity index (χ0) is 10.3. The van der Waals surface area contributed by atoms with E-state index in [0.717, 1.165) is 31.5 Å². The van der Waals surface area contributed by atoms with Crippen molar-refractivity contribution >= 4 is 18.3 Å². The van der Waals surface area contributed by atoms with Crippen molar-refractivity contribution in [2.45, 2.75) is 32.0 Å². The summed E-state index contributed by atoms with van der Waals surface area (Å²) in [6.07, 6.45) is 2.27. The normalized spacial score (nSPS) is 17.5. The van der Waals surface area contributed by atoms with Crippen LogP contribution in [0.5, 0.6) is 0 Å². The number of fused-ring (bicyclic) bond motifs is 1. The number of amides is 1. The second-order valence-corrected chi connectivity index (χ2v) is 4.33. The maximum absolute atomic E-state index is 11.8. The minimum atomic E-state index is 0. The Morgan fingerprint density at radius 1 is 1.25 bits per heavy atom. The van der Waals surface area contributed by atoms with Gasteiger partial charge in [-0.15, -0.1) is 12.4 Å².